The number of carbonyl (C=O) groups is 1. The second-order valence-electron chi connectivity index (χ2n) is 12.3. The number of ether oxygens (including phenoxy) is 1. The molecule has 45 heavy (non-hydrogen) atoms. The molecule has 1 saturated heterocycles. The van der Waals surface area contributed by atoms with E-state index in [2.05, 4.69) is 101 Å². The van der Waals surface area contributed by atoms with E-state index < -0.39 is 5.54 Å². The lowest BCUT2D eigenvalue weighted by atomic mass is 9.74. The highest BCUT2D eigenvalue weighted by atomic mass is 16.5. The summed E-state index contributed by atoms with van der Waals surface area (Å²) in [5.41, 5.74) is 11.1. The van der Waals surface area contributed by atoms with Crippen molar-refractivity contribution in [2.45, 2.75) is 39.7 Å². The number of nitrogens with two attached hydrogens (primary N) is 1. The van der Waals surface area contributed by atoms with Crippen molar-refractivity contribution in [1.29, 1.82) is 0 Å². The minimum atomic E-state index is -0.775. The van der Waals surface area contributed by atoms with E-state index in [4.69, 9.17) is 10.5 Å². The van der Waals surface area contributed by atoms with Crippen LogP contribution in [0.1, 0.15) is 61.2 Å². The Morgan fingerprint density at radius 1 is 0.711 bits per heavy atom. The van der Waals surface area contributed by atoms with Gasteiger partial charge in [0.1, 0.15) is 17.0 Å². The third-order valence-corrected chi connectivity index (χ3v) is 10.2. The zero-order valence-corrected chi connectivity index (χ0v) is 27.6. The quantitative estimate of drug-likeness (QED) is 0.303. The zero-order valence-electron chi connectivity index (χ0n) is 27.6. The van der Waals surface area contributed by atoms with Crippen LogP contribution >= 0.6 is 0 Å². The second-order valence-corrected chi connectivity index (χ2v) is 12.3. The monoisotopic (exact) mass is 610 g/mol. The summed E-state index contributed by atoms with van der Waals surface area (Å²) in [7, 11) is 0. The Balaban J connectivity index is 1.46. The molecule has 1 spiro atoms. The van der Waals surface area contributed by atoms with Crippen LogP contribution in [0.3, 0.4) is 0 Å². The minimum Gasteiger partial charge on any atom is -0.456 e. The van der Waals surface area contributed by atoms with Crippen molar-refractivity contribution < 1.29 is 9.53 Å². The van der Waals surface area contributed by atoms with Gasteiger partial charge in [-0.25, -0.2) is 0 Å². The lowest BCUT2D eigenvalue weighted by molar-refractivity contribution is 0.0599. The van der Waals surface area contributed by atoms with Gasteiger partial charge in [0.05, 0.1) is 0 Å². The number of fused-ring (bicyclic) bond motifs is 6. The molecule has 3 heterocycles. The molecule has 3 aliphatic rings. The molecule has 3 aromatic carbocycles. The molecule has 0 unspecified atom stereocenters. The van der Waals surface area contributed by atoms with Crippen LogP contribution in [0.4, 0.5) is 11.4 Å². The van der Waals surface area contributed by atoms with E-state index in [1.165, 1.54) is 0 Å². The SMILES string of the molecule is CCN(CC)c1ccc2c(c1)Oc1cc(N(CC)CC)ccc1C21c2ccccc2C(=O)N1CCN1CCN(CCCN)CC1. The van der Waals surface area contributed by atoms with Gasteiger partial charge < -0.3 is 30.1 Å². The molecular formula is C37H50N6O2. The summed E-state index contributed by atoms with van der Waals surface area (Å²) in [6.45, 7) is 19.7. The Morgan fingerprint density at radius 3 is 1.78 bits per heavy atom. The standard InChI is InChI=1S/C37H50N6O2/c1-5-41(6-2)28-14-16-32-34(26-28)45-35-27-29(42(7-3)8-4)15-17-33(35)37(32)31-13-10-9-12-30(31)36(44)43(37)25-24-40-22-20-39(21-23-40)19-11-18-38/h9-10,12-17,26-27H,5-8,11,18-25,38H2,1-4H3. The van der Waals surface area contributed by atoms with Crippen LogP contribution in [0.25, 0.3) is 0 Å². The summed E-state index contributed by atoms with van der Waals surface area (Å²) in [4.78, 5) is 26.4. The smallest absolute Gasteiger partial charge is 0.255 e. The van der Waals surface area contributed by atoms with Gasteiger partial charge in [0, 0.05) is 106 Å². The van der Waals surface area contributed by atoms with Crippen molar-refractivity contribution in [3.63, 3.8) is 0 Å². The zero-order chi connectivity index (χ0) is 31.6. The molecule has 8 heteroatoms. The van der Waals surface area contributed by atoms with E-state index in [1.807, 2.05) is 12.1 Å². The molecule has 1 amide bonds. The molecule has 3 aliphatic heterocycles. The fourth-order valence-electron chi connectivity index (χ4n) is 7.69. The predicted octanol–water partition coefficient (Wildman–Crippen LogP) is 5.20. The maximum absolute atomic E-state index is 14.5. The maximum Gasteiger partial charge on any atom is 0.255 e. The van der Waals surface area contributed by atoms with Crippen LogP contribution in [-0.2, 0) is 5.54 Å². The Bertz CT molecular complexity index is 1430. The Hall–Kier alpha value is -3.59. The lowest BCUT2D eigenvalue weighted by Gasteiger charge is -2.45. The average molecular weight is 611 g/mol. The highest BCUT2D eigenvalue weighted by Gasteiger charge is 2.56. The van der Waals surface area contributed by atoms with Crippen molar-refractivity contribution in [2.24, 2.45) is 5.73 Å². The summed E-state index contributed by atoms with van der Waals surface area (Å²) in [6, 6.07) is 21.4. The number of amides is 1. The fourth-order valence-corrected chi connectivity index (χ4v) is 7.69. The Labute approximate surface area is 269 Å². The molecule has 3 aromatic rings. The first kappa shape index (κ1) is 31.4. The van der Waals surface area contributed by atoms with Gasteiger partial charge in [-0.1, -0.05) is 30.3 Å². The second kappa shape index (κ2) is 13.4. The topological polar surface area (TPSA) is 68.5 Å². The molecule has 6 rings (SSSR count). The Kier molecular flexibility index (Phi) is 9.36. The highest BCUT2D eigenvalue weighted by molar-refractivity contribution is 6.02. The molecule has 0 aliphatic carbocycles. The van der Waals surface area contributed by atoms with Crippen LogP contribution in [0.5, 0.6) is 11.5 Å². The van der Waals surface area contributed by atoms with Crippen LogP contribution in [-0.4, -0.2) is 99.1 Å². The van der Waals surface area contributed by atoms with E-state index in [0.29, 0.717) is 6.54 Å². The molecule has 240 valence electrons. The number of hydrogen-bond acceptors (Lipinski definition) is 7. The molecule has 2 N–H and O–H groups in total. The van der Waals surface area contributed by atoms with E-state index in [0.717, 1.165) is 124 Å². The van der Waals surface area contributed by atoms with Gasteiger partial charge >= 0.3 is 0 Å². The molecule has 0 atom stereocenters. The number of anilines is 2. The van der Waals surface area contributed by atoms with E-state index >= 15 is 0 Å². The third-order valence-electron chi connectivity index (χ3n) is 10.2. The Morgan fingerprint density at radius 2 is 1.24 bits per heavy atom. The lowest BCUT2D eigenvalue weighted by Crippen LogP contribution is -2.52. The van der Waals surface area contributed by atoms with Crippen LogP contribution < -0.4 is 20.3 Å². The molecule has 8 nitrogen and oxygen atoms in total. The fraction of sp³-hybridized carbons (Fsp3) is 0.486. The highest BCUT2D eigenvalue weighted by Crippen LogP contribution is 2.58. The van der Waals surface area contributed by atoms with Gasteiger partial charge in [-0.2, -0.15) is 0 Å². The molecule has 0 radical (unpaired) electrons. The van der Waals surface area contributed by atoms with Gasteiger partial charge in [0.15, 0.2) is 0 Å². The number of carbonyl (C=O) groups excluding carboxylic acids is 1. The maximum atomic E-state index is 14.5. The van der Waals surface area contributed by atoms with E-state index in [1.54, 1.807) is 0 Å². The van der Waals surface area contributed by atoms with Gasteiger partial charge in [0.25, 0.3) is 5.91 Å². The first-order valence-electron chi connectivity index (χ1n) is 17.0. The van der Waals surface area contributed by atoms with Crippen molar-refractivity contribution in [3.05, 3.63) is 82.9 Å². The van der Waals surface area contributed by atoms with Gasteiger partial charge in [-0.15, -0.1) is 0 Å². The minimum absolute atomic E-state index is 0.0895. The molecule has 0 aromatic heterocycles. The van der Waals surface area contributed by atoms with E-state index in [9.17, 15) is 4.79 Å². The number of nitrogens with zero attached hydrogens (tertiary/aromatic N) is 5. The summed E-state index contributed by atoms with van der Waals surface area (Å²) in [5.74, 6) is 1.74. The largest absolute Gasteiger partial charge is 0.456 e. The average Bonchev–Trinajstić information content (AvgIpc) is 3.32. The predicted molar refractivity (Wildman–Crippen MR) is 184 cm³/mol. The molecule has 0 bridgehead atoms. The van der Waals surface area contributed by atoms with Crippen molar-refractivity contribution in [3.8, 4) is 11.5 Å². The van der Waals surface area contributed by atoms with Gasteiger partial charge in [-0.3, -0.25) is 9.69 Å². The molecule has 0 saturated carbocycles. The third kappa shape index (κ3) is 5.47. The summed E-state index contributed by atoms with van der Waals surface area (Å²) in [6.07, 6.45) is 1.04. The van der Waals surface area contributed by atoms with Gasteiger partial charge in [-0.05, 0) is 71.0 Å². The normalized spacial score (nSPS) is 17.2. The van der Waals surface area contributed by atoms with Crippen molar-refractivity contribution >= 4 is 17.3 Å². The van der Waals surface area contributed by atoms with Crippen molar-refractivity contribution in [1.82, 2.24) is 14.7 Å². The number of rotatable bonds is 12. The molecular weight excluding hydrogens is 560 g/mol. The number of hydrogen-bond donors (Lipinski definition) is 1. The summed E-state index contributed by atoms with van der Waals surface area (Å²) >= 11 is 0. The summed E-state index contributed by atoms with van der Waals surface area (Å²) in [5, 5.41) is 0. The first-order chi connectivity index (χ1) is 22.0. The summed E-state index contributed by atoms with van der Waals surface area (Å²) < 4.78 is 6.84. The first-order valence-corrected chi connectivity index (χ1v) is 17.0. The van der Waals surface area contributed by atoms with Crippen LogP contribution in [0.15, 0.2) is 60.7 Å². The number of piperazine rings is 1. The number of benzene rings is 3. The van der Waals surface area contributed by atoms with Gasteiger partial charge in [0.2, 0.25) is 0 Å². The van der Waals surface area contributed by atoms with Crippen LogP contribution in [0, 0.1) is 0 Å². The van der Waals surface area contributed by atoms with Crippen LogP contribution in [0.2, 0.25) is 0 Å². The van der Waals surface area contributed by atoms with Crippen molar-refractivity contribution in [2.75, 3.05) is 88.3 Å². The van der Waals surface area contributed by atoms with E-state index in [-0.39, 0.29) is 5.91 Å². The molecule has 1 fully saturated rings.